The van der Waals surface area contributed by atoms with E-state index >= 15 is 0 Å². The van der Waals surface area contributed by atoms with Crippen LogP contribution in [0.4, 0.5) is 10.5 Å². The lowest BCUT2D eigenvalue weighted by Crippen LogP contribution is -2.55. The van der Waals surface area contributed by atoms with E-state index < -0.39 is 0 Å². The molecule has 2 amide bonds. The summed E-state index contributed by atoms with van der Waals surface area (Å²) in [7, 11) is 0. The first-order chi connectivity index (χ1) is 11.3. The normalized spacial score (nSPS) is 15.2. The van der Waals surface area contributed by atoms with Gasteiger partial charge in [0.2, 0.25) is 0 Å². The summed E-state index contributed by atoms with van der Waals surface area (Å²) in [4.78, 5) is 27.9. The van der Waals surface area contributed by atoms with Crippen LogP contribution in [-0.2, 0) is 4.74 Å². The number of carbonyl (C=O) groups is 2. The van der Waals surface area contributed by atoms with Gasteiger partial charge in [-0.25, -0.2) is 9.59 Å². The Bertz CT molecular complexity index is 570. The van der Waals surface area contributed by atoms with Crippen LogP contribution in [0.5, 0.6) is 0 Å². The van der Waals surface area contributed by atoms with E-state index in [0.717, 1.165) is 18.8 Å². The molecule has 1 aliphatic heterocycles. The van der Waals surface area contributed by atoms with Crippen molar-refractivity contribution in [3.63, 3.8) is 0 Å². The van der Waals surface area contributed by atoms with Gasteiger partial charge in [0.15, 0.2) is 0 Å². The monoisotopic (exact) mass is 333 g/mol. The molecule has 1 aromatic rings. The van der Waals surface area contributed by atoms with E-state index in [1.165, 1.54) is 0 Å². The Balaban J connectivity index is 1.90. The van der Waals surface area contributed by atoms with E-state index in [2.05, 4.69) is 10.2 Å². The maximum atomic E-state index is 12.2. The predicted molar refractivity (Wildman–Crippen MR) is 94.5 cm³/mol. The van der Waals surface area contributed by atoms with Gasteiger partial charge in [0.1, 0.15) is 0 Å². The first kappa shape index (κ1) is 18.1. The molecule has 0 radical (unpaired) electrons. The van der Waals surface area contributed by atoms with Crippen molar-refractivity contribution in [2.45, 2.75) is 33.2 Å². The van der Waals surface area contributed by atoms with Crippen LogP contribution in [0.15, 0.2) is 24.3 Å². The van der Waals surface area contributed by atoms with Crippen molar-refractivity contribution in [2.75, 3.05) is 37.7 Å². The van der Waals surface area contributed by atoms with Gasteiger partial charge in [-0.3, -0.25) is 0 Å². The van der Waals surface area contributed by atoms with Gasteiger partial charge in [0.25, 0.3) is 0 Å². The summed E-state index contributed by atoms with van der Waals surface area (Å²) in [5.74, 6) is -0.298. The number of anilines is 1. The molecule has 0 bridgehead atoms. The van der Waals surface area contributed by atoms with Crippen molar-refractivity contribution < 1.29 is 14.3 Å². The number of rotatable bonds is 3. The minimum atomic E-state index is -0.298. The fourth-order valence-electron chi connectivity index (χ4n) is 2.59. The lowest BCUT2D eigenvalue weighted by Gasteiger charge is -2.37. The summed E-state index contributed by atoms with van der Waals surface area (Å²) in [6.07, 6.45) is 0. The topological polar surface area (TPSA) is 61.9 Å². The molecule has 0 atom stereocenters. The molecule has 1 saturated heterocycles. The number of hydrogen-bond acceptors (Lipinski definition) is 4. The third-order valence-electron chi connectivity index (χ3n) is 3.79. The zero-order chi connectivity index (χ0) is 17.7. The zero-order valence-electron chi connectivity index (χ0n) is 15.0. The number of benzene rings is 1. The maximum Gasteiger partial charge on any atom is 0.338 e. The summed E-state index contributed by atoms with van der Waals surface area (Å²) < 4.78 is 4.99. The second-order valence-electron chi connectivity index (χ2n) is 6.92. The molecule has 0 saturated carbocycles. The molecule has 2 rings (SSSR count). The minimum Gasteiger partial charge on any atom is -0.462 e. The molecular formula is C18H27N3O3. The van der Waals surface area contributed by atoms with Crippen LogP contribution in [0.2, 0.25) is 0 Å². The van der Waals surface area contributed by atoms with Crippen molar-refractivity contribution in [3.05, 3.63) is 29.8 Å². The predicted octanol–water partition coefficient (Wildman–Crippen LogP) is 2.49. The summed E-state index contributed by atoms with van der Waals surface area (Å²) in [5, 5.41) is 2.99. The molecule has 0 unspecified atom stereocenters. The van der Waals surface area contributed by atoms with Gasteiger partial charge in [-0.1, -0.05) is 0 Å². The van der Waals surface area contributed by atoms with E-state index in [1.807, 2.05) is 37.8 Å². The standard InChI is InChI=1S/C18H27N3O3/c1-5-24-16(22)14-6-8-15(9-7-14)20-10-12-21(13-11-20)17(23)19-18(2,3)4/h6-9H,5,10-13H2,1-4H3,(H,19,23). The number of hydrogen-bond donors (Lipinski definition) is 1. The molecule has 132 valence electrons. The van der Waals surface area contributed by atoms with E-state index in [-0.39, 0.29) is 17.5 Å². The van der Waals surface area contributed by atoms with Crippen LogP contribution in [0, 0.1) is 0 Å². The fourth-order valence-corrected chi connectivity index (χ4v) is 2.59. The second kappa shape index (κ2) is 7.55. The molecule has 1 aliphatic rings. The maximum absolute atomic E-state index is 12.2. The largest absolute Gasteiger partial charge is 0.462 e. The molecule has 1 heterocycles. The summed E-state index contributed by atoms with van der Waals surface area (Å²) in [6.45, 7) is 11.0. The van der Waals surface area contributed by atoms with E-state index in [1.54, 1.807) is 19.1 Å². The Morgan fingerprint density at radius 1 is 1.08 bits per heavy atom. The van der Waals surface area contributed by atoms with Crippen molar-refractivity contribution in [2.24, 2.45) is 0 Å². The second-order valence-corrected chi connectivity index (χ2v) is 6.92. The van der Waals surface area contributed by atoms with Crippen molar-refractivity contribution in [1.29, 1.82) is 0 Å². The van der Waals surface area contributed by atoms with E-state index in [9.17, 15) is 9.59 Å². The third-order valence-corrected chi connectivity index (χ3v) is 3.79. The van der Waals surface area contributed by atoms with Gasteiger partial charge in [-0.15, -0.1) is 0 Å². The van der Waals surface area contributed by atoms with Gasteiger partial charge in [-0.05, 0) is 52.0 Å². The lowest BCUT2D eigenvalue weighted by molar-refractivity contribution is 0.0526. The Morgan fingerprint density at radius 2 is 1.67 bits per heavy atom. The highest BCUT2D eigenvalue weighted by Crippen LogP contribution is 2.18. The van der Waals surface area contributed by atoms with E-state index in [0.29, 0.717) is 25.3 Å². The highest BCUT2D eigenvalue weighted by Gasteiger charge is 2.24. The van der Waals surface area contributed by atoms with Gasteiger partial charge >= 0.3 is 12.0 Å². The number of amides is 2. The van der Waals surface area contributed by atoms with Gasteiger partial charge in [-0.2, -0.15) is 0 Å². The van der Waals surface area contributed by atoms with Crippen LogP contribution < -0.4 is 10.2 Å². The number of ether oxygens (including phenoxy) is 1. The van der Waals surface area contributed by atoms with Crippen molar-refractivity contribution in [3.8, 4) is 0 Å². The Kier molecular flexibility index (Phi) is 5.70. The lowest BCUT2D eigenvalue weighted by atomic mass is 10.1. The number of carbonyl (C=O) groups excluding carboxylic acids is 2. The van der Waals surface area contributed by atoms with Crippen LogP contribution in [0.1, 0.15) is 38.1 Å². The Labute approximate surface area is 143 Å². The van der Waals surface area contributed by atoms with Gasteiger partial charge < -0.3 is 19.9 Å². The van der Waals surface area contributed by atoms with Crippen LogP contribution >= 0.6 is 0 Å². The molecule has 24 heavy (non-hydrogen) atoms. The Hall–Kier alpha value is -2.24. The summed E-state index contributed by atoms with van der Waals surface area (Å²) >= 11 is 0. The first-order valence-electron chi connectivity index (χ1n) is 8.39. The number of nitrogens with one attached hydrogen (secondary N) is 1. The molecule has 1 aromatic carbocycles. The smallest absolute Gasteiger partial charge is 0.338 e. The molecule has 0 aromatic heterocycles. The van der Waals surface area contributed by atoms with Crippen molar-refractivity contribution >= 4 is 17.7 Å². The molecule has 0 aliphatic carbocycles. The first-order valence-corrected chi connectivity index (χ1v) is 8.39. The van der Waals surface area contributed by atoms with Gasteiger partial charge in [0.05, 0.1) is 12.2 Å². The average Bonchev–Trinajstić information content (AvgIpc) is 2.54. The molecular weight excluding hydrogens is 306 g/mol. The van der Waals surface area contributed by atoms with Crippen LogP contribution in [0.25, 0.3) is 0 Å². The van der Waals surface area contributed by atoms with Crippen LogP contribution in [-0.4, -0.2) is 55.2 Å². The molecule has 1 fully saturated rings. The van der Waals surface area contributed by atoms with Crippen molar-refractivity contribution in [1.82, 2.24) is 10.2 Å². The fraction of sp³-hybridized carbons (Fsp3) is 0.556. The average molecular weight is 333 g/mol. The molecule has 6 heteroatoms. The van der Waals surface area contributed by atoms with E-state index in [4.69, 9.17) is 4.74 Å². The zero-order valence-corrected chi connectivity index (χ0v) is 15.0. The number of urea groups is 1. The minimum absolute atomic E-state index is 0.0141. The molecule has 6 nitrogen and oxygen atoms in total. The highest BCUT2D eigenvalue weighted by atomic mass is 16.5. The van der Waals surface area contributed by atoms with Gasteiger partial charge in [0, 0.05) is 37.4 Å². The number of nitrogens with zero attached hydrogens (tertiary/aromatic N) is 2. The summed E-state index contributed by atoms with van der Waals surface area (Å²) in [5.41, 5.74) is 1.39. The SMILES string of the molecule is CCOC(=O)c1ccc(N2CCN(C(=O)NC(C)(C)C)CC2)cc1. The number of esters is 1. The quantitative estimate of drug-likeness (QED) is 0.863. The highest BCUT2D eigenvalue weighted by molar-refractivity contribution is 5.89. The summed E-state index contributed by atoms with van der Waals surface area (Å²) in [6, 6.07) is 7.41. The number of piperazine rings is 1. The molecule has 0 spiro atoms. The van der Waals surface area contributed by atoms with Crippen LogP contribution in [0.3, 0.4) is 0 Å². The third kappa shape index (κ3) is 4.88. The Morgan fingerprint density at radius 3 is 2.17 bits per heavy atom. The molecule has 1 N–H and O–H groups in total.